The van der Waals surface area contributed by atoms with Crippen LogP contribution < -0.4 is 5.11 Å². The van der Waals surface area contributed by atoms with E-state index in [9.17, 15) is 9.90 Å². The van der Waals surface area contributed by atoms with Gasteiger partial charge in [0, 0.05) is 6.42 Å². The highest BCUT2D eigenvalue weighted by Gasteiger charge is 2.29. The van der Waals surface area contributed by atoms with Crippen molar-refractivity contribution < 1.29 is 9.90 Å². The Kier molecular flexibility index (Phi) is 3.95. The predicted molar refractivity (Wildman–Crippen MR) is 39.3 cm³/mol. The third-order valence-electron chi connectivity index (χ3n) is 0.874. The van der Waals surface area contributed by atoms with E-state index < -0.39 is 15.7 Å². The molecule has 0 aromatic rings. The van der Waals surface area contributed by atoms with Crippen LogP contribution in [0.4, 0.5) is 0 Å². The number of hydrogen-bond donors (Lipinski definition) is 0. The summed E-state index contributed by atoms with van der Waals surface area (Å²) in [7, 11) is 0. The molecule has 1 atom stereocenters. The molecule has 3 nitrogen and oxygen atoms in total. The number of carbonyl (C=O) groups excluding carboxylic acids is 1. The van der Waals surface area contributed by atoms with Gasteiger partial charge in [-0.05, 0) is 0 Å². The second kappa shape index (κ2) is 4.01. The number of alkyl halides is 3. The van der Waals surface area contributed by atoms with Crippen molar-refractivity contribution >= 4 is 40.8 Å². The first-order chi connectivity index (χ1) is 4.90. The molecule has 0 N–H and O–H groups in total. The van der Waals surface area contributed by atoms with Crippen LogP contribution in [0.1, 0.15) is 6.42 Å². The van der Waals surface area contributed by atoms with E-state index >= 15 is 0 Å². The van der Waals surface area contributed by atoms with E-state index in [1.54, 1.807) is 6.07 Å². The minimum absolute atomic E-state index is 0.365. The highest BCUT2D eigenvalue weighted by Crippen LogP contribution is 2.27. The summed E-state index contributed by atoms with van der Waals surface area (Å²) in [6.07, 6.45) is -0.365. The summed E-state index contributed by atoms with van der Waals surface area (Å²) in [5.74, 6) is -1.65. The number of rotatable bonds is 3. The molecular weight excluding hydrogens is 212 g/mol. The summed E-state index contributed by atoms with van der Waals surface area (Å²) in [4.78, 5) is 10.1. The molecule has 0 aliphatic carbocycles. The molecule has 0 aromatic heterocycles. The second-order valence-electron chi connectivity index (χ2n) is 1.79. The smallest absolute Gasteiger partial charge is 0.159 e. The summed E-state index contributed by atoms with van der Waals surface area (Å²) in [6.45, 7) is 0. The second-order valence-corrected chi connectivity index (χ2v) is 3.80. The normalized spacial score (nSPS) is 13.6. The summed E-state index contributed by atoms with van der Waals surface area (Å²) in [6, 6.07) is 1.58. The average molecular weight is 215 g/mol. The SMILES string of the molecule is N#CC(Cl)CC(Cl)(Cl)C(=O)[O-]. The number of carboxylic acids is 1. The van der Waals surface area contributed by atoms with E-state index in [4.69, 9.17) is 40.1 Å². The molecule has 0 rings (SSSR count). The number of carbonyl (C=O) groups is 1. The first-order valence-electron chi connectivity index (χ1n) is 2.53. The molecule has 0 fully saturated rings. The molecule has 11 heavy (non-hydrogen) atoms. The highest BCUT2D eigenvalue weighted by atomic mass is 35.5. The molecule has 0 aliphatic heterocycles. The topological polar surface area (TPSA) is 63.9 Å². The number of hydrogen-bond acceptors (Lipinski definition) is 3. The van der Waals surface area contributed by atoms with Crippen molar-refractivity contribution in [3.8, 4) is 6.07 Å². The lowest BCUT2D eigenvalue weighted by molar-refractivity contribution is -0.306. The van der Waals surface area contributed by atoms with Crippen LogP contribution in [0.5, 0.6) is 0 Å². The van der Waals surface area contributed by atoms with Gasteiger partial charge in [0.25, 0.3) is 0 Å². The van der Waals surface area contributed by atoms with E-state index in [2.05, 4.69) is 0 Å². The average Bonchev–Trinajstić information content (AvgIpc) is 1.86. The zero-order valence-corrected chi connectivity index (χ0v) is 7.45. The third-order valence-corrected chi connectivity index (χ3v) is 1.74. The molecule has 0 bridgehead atoms. The van der Waals surface area contributed by atoms with E-state index in [0.29, 0.717) is 0 Å². The molecule has 1 unspecified atom stereocenters. The maximum atomic E-state index is 10.1. The minimum Gasteiger partial charge on any atom is -0.547 e. The molecule has 0 heterocycles. The maximum absolute atomic E-state index is 10.1. The van der Waals surface area contributed by atoms with Crippen molar-refractivity contribution in [3.63, 3.8) is 0 Å². The lowest BCUT2D eigenvalue weighted by atomic mass is 10.2. The van der Waals surface area contributed by atoms with Crippen molar-refractivity contribution in [1.29, 1.82) is 5.26 Å². The fourth-order valence-electron chi connectivity index (χ4n) is 0.354. The largest absolute Gasteiger partial charge is 0.547 e. The van der Waals surface area contributed by atoms with Crippen LogP contribution in [-0.4, -0.2) is 15.7 Å². The molecule has 0 aromatic carbocycles. The Balaban J connectivity index is 4.15. The van der Waals surface area contributed by atoms with Gasteiger partial charge in [0.2, 0.25) is 0 Å². The fourth-order valence-corrected chi connectivity index (χ4v) is 1.05. The summed E-state index contributed by atoms with van der Waals surface area (Å²) in [5, 5.41) is 17.3. The fraction of sp³-hybridized carbons (Fsp3) is 0.600. The standard InChI is InChI=1S/C5H4Cl3NO2/c6-3(2-9)1-5(7,8)4(10)11/h3H,1H2,(H,10,11)/p-1. The van der Waals surface area contributed by atoms with Gasteiger partial charge in [-0.25, -0.2) is 0 Å². The Labute approximate surface area is 78.5 Å². The van der Waals surface area contributed by atoms with E-state index in [1.807, 2.05) is 0 Å². The van der Waals surface area contributed by atoms with Crippen LogP contribution in [-0.2, 0) is 4.79 Å². The van der Waals surface area contributed by atoms with Gasteiger partial charge in [-0.3, -0.25) is 0 Å². The summed E-state index contributed by atoms with van der Waals surface area (Å²) < 4.78 is -2.08. The first kappa shape index (κ1) is 10.8. The van der Waals surface area contributed by atoms with Crippen LogP contribution in [0.2, 0.25) is 0 Å². The van der Waals surface area contributed by atoms with Gasteiger partial charge in [-0.15, -0.1) is 11.6 Å². The highest BCUT2D eigenvalue weighted by molar-refractivity contribution is 6.57. The van der Waals surface area contributed by atoms with Crippen LogP contribution in [0.15, 0.2) is 0 Å². The van der Waals surface area contributed by atoms with Crippen LogP contribution >= 0.6 is 34.8 Å². The van der Waals surface area contributed by atoms with Crippen molar-refractivity contribution in [2.45, 2.75) is 16.1 Å². The Hall–Kier alpha value is -0.170. The van der Waals surface area contributed by atoms with Gasteiger partial charge in [0.15, 0.2) is 4.33 Å². The van der Waals surface area contributed by atoms with Gasteiger partial charge in [-0.2, -0.15) is 5.26 Å². The molecule has 0 saturated heterocycles. The number of nitriles is 1. The lowest BCUT2D eigenvalue weighted by Gasteiger charge is -2.20. The minimum atomic E-state index is -2.08. The molecule has 0 radical (unpaired) electrons. The Morgan fingerprint density at radius 2 is 2.18 bits per heavy atom. The third kappa shape index (κ3) is 3.66. The molecule has 6 heteroatoms. The molecular formula is C5H3Cl3NO2-. The predicted octanol–water partition coefficient (Wildman–Crippen LogP) is 0.431. The molecule has 62 valence electrons. The van der Waals surface area contributed by atoms with Crippen LogP contribution in [0.25, 0.3) is 0 Å². The number of halogens is 3. The van der Waals surface area contributed by atoms with Gasteiger partial charge >= 0.3 is 0 Å². The Morgan fingerprint density at radius 1 is 1.73 bits per heavy atom. The molecule has 0 amide bonds. The van der Waals surface area contributed by atoms with Gasteiger partial charge < -0.3 is 9.90 Å². The zero-order chi connectivity index (χ0) is 9.07. The molecule has 0 spiro atoms. The lowest BCUT2D eigenvalue weighted by Crippen LogP contribution is -2.41. The quantitative estimate of drug-likeness (QED) is 0.641. The van der Waals surface area contributed by atoms with E-state index in [0.717, 1.165) is 0 Å². The van der Waals surface area contributed by atoms with Crippen molar-refractivity contribution in [3.05, 3.63) is 0 Å². The van der Waals surface area contributed by atoms with Crippen LogP contribution in [0, 0.1) is 11.3 Å². The number of aliphatic carboxylic acids is 1. The van der Waals surface area contributed by atoms with Crippen molar-refractivity contribution in [2.24, 2.45) is 0 Å². The monoisotopic (exact) mass is 214 g/mol. The molecule has 0 saturated carbocycles. The summed E-state index contributed by atoms with van der Waals surface area (Å²) >= 11 is 15.7. The van der Waals surface area contributed by atoms with Gasteiger partial charge in [-0.1, -0.05) is 23.2 Å². The Morgan fingerprint density at radius 3 is 2.45 bits per heavy atom. The molecule has 0 aliphatic rings. The number of nitrogens with zero attached hydrogens (tertiary/aromatic N) is 1. The van der Waals surface area contributed by atoms with Gasteiger partial charge in [0.05, 0.1) is 12.0 Å². The number of carboxylic acid groups (broad SMARTS) is 1. The zero-order valence-electron chi connectivity index (χ0n) is 5.18. The van der Waals surface area contributed by atoms with E-state index in [1.165, 1.54) is 0 Å². The van der Waals surface area contributed by atoms with Gasteiger partial charge in [0.1, 0.15) is 5.38 Å². The van der Waals surface area contributed by atoms with E-state index in [-0.39, 0.29) is 6.42 Å². The van der Waals surface area contributed by atoms with Crippen LogP contribution in [0.3, 0.4) is 0 Å². The summed E-state index contributed by atoms with van der Waals surface area (Å²) in [5.41, 5.74) is 0. The van der Waals surface area contributed by atoms with Crippen molar-refractivity contribution in [2.75, 3.05) is 0 Å². The first-order valence-corrected chi connectivity index (χ1v) is 3.72. The Bertz CT molecular complexity index is 198. The van der Waals surface area contributed by atoms with Crippen molar-refractivity contribution in [1.82, 2.24) is 0 Å². The maximum Gasteiger partial charge on any atom is 0.159 e.